The third-order valence-electron chi connectivity index (χ3n) is 12.9. The minimum Gasteiger partial charge on any atom is -0.390 e. The van der Waals surface area contributed by atoms with Crippen LogP contribution in [0.1, 0.15) is 81.1 Å². The Morgan fingerprint density at radius 2 is 1.09 bits per heavy atom. The van der Waals surface area contributed by atoms with Crippen LogP contribution in [-0.4, -0.2) is 56.4 Å². The highest BCUT2D eigenvalue weighted by Crippen LogP contribution is 2.57. The van der Waals surface area contributed by atoms with Gasteiger partial charge in [0, 0.05) is 35.1 Å². The van der Waals surface area contributed by atoms with Gasteiger partial charge >= 0.3 is 0 Å². The van der Waals surface area contributed by atoms with Gasteiger partial charge in [-0.2, -0.15) is 0 Å². The summed E-state index contributed by atoms with van der Waals surface area (Å²) in [5.74, 6) is -0.184. The lowest BCUT2D eigenvalue weighted by Gasteiger charge is -2.55. The summed E-state index contributed by atoms with van der Waals surface area (Å²) in [6.07, 6.45) is 13.9. The molecular formula is C38H59NO6. The molecule has 0 aliphatic heterocycles. The maximum atomic E-state index is 14.1. The zero-order chi connectivity index (χ0) is 33.4. The highest BCUT2D eigenvalue weighted by molar-refractivity contribution is 5.96. The van der Waals surface area contributed by atoms with E-state index in [1.165, 1.54) is 0 Å². The van der Waals surface area contributed by atoms with Crippen molar-refractivity contribution >= 4 is 11.6 Å². The molecule has 0 aromatic heterocycles. The number of carbonyl (C=O) groups is 2. The second-order valence-electron chi connectivity index (χ2n) is 15.5. The zero-order valence-corrected chi connectivity index (χ0v) is 28.6. The van der Waals surface area contributed by atoms with Crippen LogP contribution in [0.2, 0.25) is 0 Å². The maximum absolute atomic E-state index is 14.1. The number of hydrogen-bond acceptors (Lipinski definition) is 7. The summed E-state index contributed by atoms with van der Waals surface area (Å²) >= 11 is 0. The molecule has 0 saturated heterocycles. The van der Waals surface area contributed by atoms with E-state index in [1.54, 1.807) is 24.6 Å². The minimum absolute atomic E-state index is 0.000921. The highest BCUT2D eigenvalue weighted by Gasteiger charge is 2.58. The van der Waals surface area contributed by atoms with E-state index in [0.29, 0.717) is 12.8 Å². The maximum Gasteiger partial charge on any atom is 0.163 e. The lowest BCUT2D eigenvalue weighted by Crippen LogP contribution is -2.57. The van der Waals surface area contributed by atoms with E-state index in [0.717, 1.165) is 12.8 Å². The van der Waals surface area contributed by atoms with Gasteiger partial charge in [0.2, 0.25) is 0 Å². The molecule has 0 aromatic rings. The van der Waals surface area contributed by atoms with E-state index >= 15 is 0 Å². The molecule has 16 atom stereocenters. The van der Waals surface area contributed by atoms with Gasteiger partial charge < -0.3 is 25.7 Å². The fourth-order valence-electron chi connectivity index (χ4n) is 10.2. The van der Waals surface area contributed by atoms with Crippen molar-refractivity contribution in [1.82, 2.24) is 5.32 Å². The molecule has 4 aliphatic rings. The molecule has 0 heterocycles. The van der Waals surface area contributed by atoms with Gasteiger partial charge in [-0.15, -0.1) is 0 Å². The third-order valence-corrected chi connectivity index (χ3v) is 12.9. The van der Waals surface area contributed by atoms with Crippen molar-refractivity contribution in [2.24, 2.45) is 70.0 Å². The lowest BCUT2D eigenvalue weighted by atomic mass is 9.49. The molecule has 4 rings (SSSR count). The molecule has 7 heteroatoms. The standard InChI is InChI=1S/C38H59NO6/c1-9-21(3)27-13-11-25-33(23(5)19-29(40)35(25)44)37(27,7)31(42)15-17-39-18-16-32(43)38(8)28(22(4)10-2)14-12-26-34(38)24(6)20-30(41)36(26)45/h11-18,21-30,33-36,39-41,44-45H,9-10,19-20H2,1-8H3. The van der Waals surface area contributed by atoms with Gasteiger partial charge in [0.25, 0.3) is 0 Å². The van der Waals surface area contributed by atoms with E-state index in [1.807, 2.05) is 26.0 Å². The fourth-order valence-corrected chi connectivity index (χ4v) is 10.2. The van der Waals surface area contributed by atoms with Gasteiger partial charge in [0.15, 0.2) is 11.6 Å². The smallest absolute Gasteiger partial charge is 0.163 e. The Morgan fingerprint density at radius 1 is 0.733 bits per heavy atom. The van der Waals surface area contributed by atoms with Crippen LogP contribution < -0.4 is 5.32 Å². The number of carbonyl (C=O) groups excluding carboxylic acids is 2. The van der Waals surface area contributed by atoms with Crippen molar-refractivity contribution < 1.29 is 30.0 Å². The average molecular weight is 626 g/mol. The molecular weight excluding hydrogens is 566 g/mol. The van der Waals surface area contributed by atoms with Crippen molar-refractivity contribution in [3.8, 4) is 0 Å². The SMILES string of the molecule is CCC(C)C1C=CC2C(O)C(O)CC(C)C2C1(C)C(=O)C=CNC=CC(=O)C1(C)C(C(C)CC)C=CC2C(O)C(O)CC(C)C21. The monoisotopic (exact) mass is 625 g/mol. The fraction of sp³-hybridized carbons (Fsp3) is 0.737. The van der Waals surface area contributed by atoms with Gasteiger partial charge in [-0.3, -0.25) is 9.59 Å². The molecule has 0 radical (unpaired) electrons. The number of aliphatic hydroxyl groups is 4. The van der Waals surface area contributed by atoms with Gasteiger partial charge in [-0.25, -0.2) is 0 Å². The van der Waals surface area contributed by atoms with Crippen LogP contribution >= 0.6 is 0 Å². The Balaban J connectivity index is 1.56. The van der Waals surface area contributed by atoms with E-state index < -0.39 is 35.2 Å². The number of hydrogen-bond donors (Lipinski definition) is 5. The molecule has 0 aromatic carbocycles. The first-order valence-corrected chi connectivity index (χ1v) is 17.4. The van der Waals surface area contributed by atoms with Crippen LogP contribution in [0, 0.1) is 70.0 Å². The molecule has 4 aliphatic carbocycles. The largest absolute Gasteiger partial charge is 0.390 e. The second-order valence-corrected chi connectivity index (χ2v) is 15.5. The third kappa shape index (κ3) is 6.19. The summed E-state index contributed by atoms with van der Waals surface area (Å²) in [4.78, 5) is 28.2. The Kier molecular flexibility index (Phi) is 11.1. The molecule has 0 bridgehead atoms. The average Bonchev–Trinajstić information content (AvgIpc) is 3.00. The summed E-state index contributed by atoms with van der Waals surface area (Å²) in [6.45, 7) is 16.8. The van der Waals surface area contributed by atoms with Crippen molar-refractivity contribution in [1.29, 1.82) is 0 Å². The predicted octanol–water partition coefficient (Wildman–Crippen LogP) is 5.21. The number of fused-ring (bicyclic) bond motifs is 2. The van der Waals surface area contributed by atoms with E-state index in [4.69, 9.17) is 0 Å². The van der Waals surface area contributed by atoms with Crippen LogP contribution in [0.25, 0.3) is 0 Å². The number of nitrogens with one attached hydrogen (secondary N) is 1. The molecule has 0 spiro atoms. The van der Waals surface area contributed by atoms with E-state index in [-0.39, 0.29) is 70.7 Å². The van der Waals surface area contributed by atoms with Crippen LogP contribution in [0.4, 0.5) is 0 Å². The first-order valence-electron chi connectivity index (χ1n) is 17.4. The molecule has 2 fully saturated rings. The van der Waals surface area contributed by atoms with Crippen LogP contribution in [0.3, 0.4) is 0 Å². The molecule has 45 heavy (non-hydrogen) atoms. The van der Waals surface area contributed by atoms with E-state index in [9.17, 15) is 30.0 Å². The van der Waals surface area contributed by atoms with Crippen molar-refractivity contribution in [3.63, 3.8) is 0 Å². The van der Waals surface area contributed by atoms with Crippen LogP contribution in [-0.2, 0) is 9.59 Å². The van der Waals surface area contributed by atoms with Gasteiger partial charge in [0.1, 0.15) is 0 Å². The normalized spacial score (nSPS) is 46.0. The van der Waals surface area contributed by atoms with Gasteiger partial charge in [-0.05, 0) is 72.3 Å². The van der Waals surface area contributed by atoms with Crippen LogP contribution in [0.15, 0.2) is 48.9 Å². The molecule has 252 valence electrons. The molecule has 7 nitrogen and oxygen atoms in total. The minimum atomic E-state index is -0.894. The topological polar surface area (TPSA) is 127 Å². The van der Waals surface area contributed by atoms with Gasteiger partial charge in [-0.1, -0.05) is 92.5 Å². The Hall–Kier alpha value is -2.06. The van der Waals surface area contributed by atoms with Gasteiger partial charge in [0.05, 0.1) is 24.4 Å². The molecule has 0 amide bonds. The quantitative estimate of drug-likeness (QED) is 0.167. The Morgan fingerprint density at radius 3 is 1.42 bits per heavy atom. The van der Waals surface area contributed by atoms with Crippen molar-refractivity contribution in [2.75, 3.05) is 0 Å². The lowest BCUT2D eigenvalue weighted by molar-refractivity contribution is -0.149. The number of rotatable bonds is 10. The Labute approximate surface area is 271 Å². The number of allylic oxidation sites excluding steroid dienone is 4. The van der Waals surface area contributed by atoms with Crippen LogP contribution in [0.5, 0.6) is 0 Å². The molecule has 2 saturated carbocycles. The first-order chi connectivity index (χ1) is 21.2. The van der Waals surface area contributed by atoms with Crippen molar-refractivity contribution in [2.45, 2.75) is 105 Å². The van der Waals surface area contributed by atoms with Crippen molar-refractivity contribution in [3.05, 3.63) is 48.9 Å². The number of ketones is 2. The number of aliphatic hydroxyl groups excluding tert-OH is 4. The summed E-state index contributed by atoms with van der Waals surface area (Å²) in [7, 11) is 0. The molecule has 5 N–H and O–H groups in total. The predicted molar refractivity (Wildman–Crippen MR) is 177 cm³/mol. The molecule has 16 unspecified atom stereocenters. The first kappa shape index (κ1) is 35.8. The highest BCUT2D eigenvalue weighted by atomic mass is 16.3. The Bertz CT molecular complexity index is 1100. The summed E-state index contributed by atoms with van der Waals surface area (Å²) in [5, 5.41) is 45.8. The zero-order valence-electron chi connectivity index (χ0n) is 28.6. The summed E-state index contributed by atoms with van der Waals surface area (Å²) in [5.41, 5.74) is -1.51. The second kappa shape index (κ2) is 14.0. The summed E-state index contributed by atoms with van der Waals surface area (Å²) in [6, 6.07) is 0. The summed E-state index contributed by atoms with van der Waals surface area (Å²) < 4.78 is 0. The van der Waals surface area contributed by atoms with E-state index in [2.05, 4.69) is 59.0 Å².